The van der Waals surface area contributed by atoms with E-state index in [0.29, 0.717) is 38.4 Å². The minimum atomic E-state index is -0.395. The average Bonchev–Trinajstić information content (AvgIpc) is 2.85. The molecule has 2 aromatic carbocycles. The van der Waals surface area contributed by atoms with Crippen molar-refractivity contribution in [2.75, 3.05) is 31.1 Å². The van der Waals surface area contributed by atoms with Crippen LogP contribution < -0.4 is 10.2 Å². The van der Waals surface area contributed by atoms with Crippen molar-refractivity contribution in [2.24, 2.45) is 0 Å². The first-order valence-electron chi connectivity index (χ1n) is 12.1. The van der Waals surface area contributed by atoms with Gasteiger partial charge in [-0.3, -0.25) is 10.1 Å². The lowest BCUT2D eigenvalue weighted by atomic mass is 10.0. The summed E-state index contributed by atoms with van der Waals surface area (Å²) in [5.41, 5.74) is 3.51. The first-order valence-corrected chi connectivity index (χ1v) is 12.1. The van der Waals surface area contributed by atoms with Crippen molar-refractivity contribution in [1.29, 1.82) is 0 Å². The molecule has 2 amide bonds. The molecule has 1 aliphatic heterocycles. The normalized spacial score (nSPS) is 14.0. The van der Waals surface area contributed by atoms with E-state index in [1.54, 1.807) is 12.1 Å². The molecular weight excluding hydrogens is 456 g/mol. The summed E-state index contributed by atoms with van der Waals surface area (Å²) in [7, 11) is 0. The first-order chi connectivity index (χ1) is 17.1. The molecule has 9 heteroatoms. The Morgan fingerprint density at radius 3 is 2.22 bits per heavy atom. The van der Waals surface area contributed by atoms with Crippen LogP contribution in [-0.2, 0) is 6.42 Å². The number of urea groups is 1. The summed E-state index contributed by atoms with van der Waals surface area (Å²) >= 11 is 0. The van der Waals surface area contributed by atoms with Crippen LogP contribution in [-0.4, -0.2) is 57.5 Å². The predicted molar refractivity (Wildman–Crippen MR) is 140 cm³/mol. The lowest BCUT2D eigenvalue weighted by Crippen LogP contribution is -2.55. The monoisotopic (exact) mass is 488 g/mol. The summed E-state index contributed by atoms with van der Waals surface area (Å²) < 4.78 is 0. The number of amides is 2. The number of anilines is 1. The molecule has 0 unspecified atom stereocenters. The van der Waals surface area contributed by atoms with Crippen LogP contribution in [0.4, 0.5) is 16.3 Å². The van der Waals surface area contributed by atoms with Gasteiger partial charge in [-0.25, -0.2) is 14.8 Å². The third kappa shape index (κ3) is 5.97. The van der Waals surface area contributed by atoms with Crippen molar-refractivity contribution in [3.8, 4) is 11.4 Å². The van der Waals surface area contributed by atoms with Gasteiger partial charge in [0, 0.05) is 67.1 Å². The summed E-state index contributed by atoms with van der Waals surface area (Å²) in [5.74, 6) is 1.50. The second-order valence-corrected chi connectivity index (χ2v) is 10.1. The number of nitrogens with zero attached hydrogens (tertiary/aromatic N) is 5. The molecule has 1 N–H and O–H groups in total. The van der Waals surface area contributed by atoms with E-state index >= 15 is 0 Å². The second-order valence-electron chi connectivity index (χ2n) is 10.1. The zero-order valence-corrected chi connectivity index (χ0v) is 21.2. The SMILES string of the molecule is Cc1nc(-c2ccccc2)nc(N2CCN(C(=O)NC(C)(C)C)CC2)c1Cc1ccc([N+](=O)[O-])cc1. The smallest absolute Gasteiger partial charge is 0.317 e. The van der Waals surface area contributed by atoms with Gasteiger partial charge in [0.15, 0.2) is 5.82 Å². The van der Waals surface area contributed by atoms with E-state index in [4.69, 9.17) is 9.97 Å². The van der Waals surface area contributed by atoms with E-state index < -0.39 is 4.92 Å². The number of hydrogen-bond donors (Lipinski definition) is 1. The molecule has 1 fully saturated rings. The Morgan fingerprint density at radius 2 is 1.64 bits per heavy atom. The molecular formula is C27H32N6O3. The van der Waals surface area contributed by atoms with Crippen molar-refractivity contribution in [1.82, 2.24) is 20.2 Å². The summed E-state index contributed by atoms with van der Waals surface area (Å²) in [5, 5.41) is 14.1. The van der Waals surface area contributed by atoms with Crippen LogP contribution in [0.2, 0.25) is 0 Å². The number of hydrogen-bond acceptors (Lipinski definition) is 6. The topological polar surface area (TPSA) is 104 Å². The Labute approximate surface area is 211 Å². The number of rotatable bonds is 5. The molecule has 1 saturated heterocycles. The van der Waals surface area contributed by atoms with Crippen molar-refractivity contribution in [3.63, 3.8) is 0 Å². The Hall–Kier alpha value is -4.01. The maximum Gasteiger partial charge on any atom is 0.317 e. The van der Waals surface area contributed by atoms with E-state index in [0.717, 1.165) is 28.2 Å². The Balaban J connectivity index is 1.63. The Kier molecular flexibility index (Phi) is 7.19. The number of aromatic nitrogens is 2. The van der Waals surface area contributed by atoms with Gasteiger partial charge in [-0.1, -0.05) is 42.5 Å². The van der Waals surface area contributed by atoms with Gasteiger partial charge in [-0.2, -0.15) is 0 Å². The van der Waals surface area contributed by atoms with E-state index in [2.05, 4.69) is 10.2 Å². The molecule has 2 heterocycles. The third-order valence-corrected chi connectivity index (χ3v) is 6.10. The first kappa shape index (κ1) is 25.1. The molecule has 188 valence electrons. The number of non-ortho nitro benzene ring substituents is 1. The van der Waals surface area contributed by atoms with Crippen molar-refractivity contribution in [3.05, 3.63) is 81.5 Å². The van der Waals surface area contributed by atoms with Gasteiger partial charge in [0.25, 0.3) is 5.69 Å². The predicted octanol–water partition coefficient (Wildman–Crippen LogP) is 4.58. The van der Waals surface area contributed by atoms with Crippen molar-refractivity contribution >= 4 is 17.5 Å². The molecule has 0 bridgehead atoms. The van der Waals surface area contributed by atoms with Crippen LogP contribution in [0.3, 0.4) is 0 Å². The van der Waals surface area contributed by atoms with E-state index in [-0.39, 0.29) is 17.3 Å². The maximum atomic E-state index is 12.7. The highest BCUT2D eigenvalue weighted by molar-refractivity contribution is 5.75. The molecule has 4 rings (SSSR count). The fourth-order valence-corrected chi connectivity index (χ4v) is 4.23. The fraction of sp³-hybridized carbons (Fsp3) is 0.370. The van der Waals surface area contributed by atoms with E-state index in [1.165, 1.54) is 12.1 Å². The van der Waals surface area contributed by atoms with Gasteiger partial charge in [0.2, 0.25) is 0 Å². The number of nitrogens with one attached hydrogen (secondary N) is 1. The van der Waals surface area contributed by atoms with Gasteiger partial charge in [0.1, 0.15) is 5.82 Å². The molecule has 0 saturated carbocycles. The Morgan fingerprint density at radius 1 is 1.00 bits per heavy atom. The van der Waals surface area contributed by atoms with Crippen LogP contribution in [0, 0.1) is 17.0 Å². The molecule has 1 aromatic heterocycles. The molecule has 0 atom stereocenters. The summed E-state index contributed by atoms with van der Waals surface area (Å²) in [6, 6.07) is 16.4. The molecule has 0 spiro atoms. The molecule has 36 heavy (non-hydrogen) atoms. The van der Waals surface area contributed by atoms with Crippen LogP contribution in [0.5, 0.6) is 0 Å². The van der Waals surface area contributed by atoms with Gasteiger partial charge in [-0.15, -0.1) is 0 Å². The van der Waals surface area contributed by atoms with Crippen LogP contribution >= 0.6 is 0 Å². The average molecular weight is 489 g/mol. The highest BCUT2D eigenvalue weighted by Crippen LogP contribution is 2.29. The Bertz CT molecular complexity index is 1230. The van der Waals surface area contributed by atoms with Gasteiger partial charge >= 0.3 is 6.03 Å². The summed E-state index contributed by atoms with van der Waals surface area (Å²) in [6.07, 6.45) is 0.555. The molecule has 3 aromatic rings. The highest BCUT2D eigenvalue weighted by Gasteiger charge is 2.27. The lowest BCUT2D eigenvalue weighted by molar-refractivity contribution is -0.384. The quantitative estimate of drug-likeness (QED) is 0.416. The van der Waals surface area contributed by atoms with Crippen LogP contribution in [0.1, 0.15) is 37.6 Å². The summed E-state index contributed by atoms with van der Waals surface area (Å²) in [4.78, 5) is 37.2. The fourth-order valence-electron chi connectivity index (χ4n) is 4.23. The summed E-state index contributed by atoms with van der Waals surface area (Å²) in [6.45, 7) is 10.4. The zero-order chi connectivity index (χ0) is 25.9. The molecule has 0 aliphatic carbocycles. The largest absolute Gasteiger partial charge is 0.353 e. The zero-order valence-electron chi connectivity index (χ0n) is 21.2. The molecule has 0 radical (unpaired) electrons. The number of carbonyl (C=O) groups excluding carboxylic acids is 1. The third-order valence-electron chi connectivity index (χ3n) is 6.10. The minimum absolute atomic E-state index is 0.0582. The maximum absolute atomic E-state index is 12.7. The number of nitro benzene ring substituents is 1. The second kappa shape index (κ2) is 10.3. The number of carbonyl (C=O) groups is 1. The van der Waals surface area contributed by atoms with Crippen molar-refractivity contribution < 1.29 is 9.72 Å². The van der Waals surface area contributed by atoms with E-state index in [9.17, 15) is 14.9 Å². The van der Waals surface area contributed by atoms with Gasteiger partial charge < -0.3 is 15.1 Å². The number of piperazine rings is 1. The molecule has 9 nitrogen and oxygen atoms in total. The van der Waals surface area contributed by atoms with Gasteiger partial charge in [0.05, 0.1) is 4.92 Å². The number of aryl methyl sites for hydroxylation is 1. The number of benzene rings is 2. The number of nitro groups is 1. The van der Waals surface area contributed by atoms with E-state index in [1.807, 2.05) is 62.9 Å². The highest BCUT2D eigenvalue weighted by atomic mass is 16.6. The van der Waals surface area contributed by atoms with Crippen molar-refractivity contribution in [2.45, 2.75) is 39.7 Å². The van der Waals surface area contributed by atoms with Crippen LogP contribution in [0.15, 0.2) is 54.6 Å². The minimum Gasteiger partial charge on any atom is -0.353 e. The molecule has 1 aliphatic rings. The van der Waals surface area contributed by atoms with Crippen LogP contribution in [0.25, 0.3) is 11.4 Å². The lowest BCUT2D eigenvalue weighted by Gasteiger charge is -2.37. The standard InChI is InChI=1S/C27H32N6O3/c1-19-23(18-20-10-12-22(13-11-20)33(35)36)25(29-24(28-19)21-8-6-5-7-9-21)31-14-16-32(17-15-31)26(34)30-27(2,3)4/h5-13H,14-18H2,1-4H3,(H,30,34). The van der Waals surface area contributed by atoms with Gasteiger partial charge in [-0.05, 0) is 33.3 Å².